The van der Waals surface area contributed by atoms with E-state index in [4.69, 9.17) is 9.47 Å². The molecule has 1 saturated carbocycles. The summed E-state index contributed by atoms with van der Waals surface area (Å²) in [5.74, 6) is -0.0868. The van der Waals surface area contributed by atoms with E-state index in [1.54, 1.807) is 0 Å². The minimum absolute atomic E-state index is 0.0397. The van der Waals surface area contributed by atoms with Crippen molar-refractivity contribution in [3.8, 4) is 0 Å². The zero-order chi connectivity index (χ0) is 15.4. The summed E-state index contributed by atoms with van der Waals surface area (Å²) in [5.41, 5.74) is 0.982. The normalized spacial score (nSPS) is 40.7. The van der Waals surface area contributed by atoms with E-state index in [1.807, 2.05) is 0 Å². The molecular weight excluding hydrogens is 268 g/mol. The average Bonchev–Trinajstić information content (AvgIpc) is 2.69. The lowest BCUT2D eigenvalue weighted by atomic mass is 9.48. The Balaban J connectivity index is 1.98. The molecule has 0 spiro atoms. The maximum atomic E-state index is 12.2. The lowest BCUT2D eigenvalue weighted by Gasteiger charge is -2.56. The molecule has 3 aliphatic rings. The van der Waals surface area contributed by atoms with Crippen molar-refractivity contribution < 1.29 is 19.1 Å². The number of allylic oxidation sites excluding steroid dienone is 1. The van der Waals surface area contributed by atoms with E-state index in [9.17, 15) is 9.59 Å². The third kappa shape index (κ3) is 2.19. The third-order valence-corrected chi connectivity index (χ3v) is 5.76. The Bertz CT molecular complexity index is 519. The van der Waals surface area contributed by atoms with Gasteiger partial charge in [-0.15, -0.1) is 0 Å². The maximum Gasteiger partial charge on any atom is 0.314 e. The van der Waals surface area contributed by atoms with Crippen LogP contribution in [0.3, 0.4) is 0 Å². The van der Waals surface area contributed by atoms with Gasteiger partial charge < -0.3 is 9.47 Å². The Morgan fingerprint density at radius 1 is 1.33 bits per heavy atom. The highest BCUT2D eigenvalue weighted by Gasteiger charge is 2.59. The van der Waals surface area contributed by atoms with E-state index >= 15 is 0 Å². The van der Waals surface area contributed by atoms with Crippen molar-refractivity contribution in [2.45, 2.75) is 53.1 Å². The fourth-order valence-corrected chi connectivity index (χ4v) is 5.16. The highest BCUT2D eigenvalue weighted by molar-refractivity contribution is 5.80. The molecule has 21 heavy (non-hydrogen) atoms. The summed E-state index contributed by atoms with van der Waals surface area (Å²) in [6.07, 6.45) is 4.69. The van der Waals surface area contributed by atoms with Crippen molar-refractivity contribution in [3.63, 3.8) is 0 Å². The summed E-state index contributed by atoms with van der Waals surface area (Å²) in [4.78, 5) is 23.6. The standard InChI is InChI=1S/C17H24O4/c1-10(18)21-12-7-16(2,3)13-6-5-11-9-20-15(19)14(11)17(13,4)8-12/h5,12-14H,6-9H2,1-4H3. The molecule has 4 heteroatoms. The summed E-state index contributed by atoms with van der Waals surface area (Å²) in [5, 5.41) is 0. The van der Waals surface area contributed by atoms with Crippen LogP contribution in [-0.4, -0.2) is 24.6 Å². The minimum Gasteiger partial charge on any atom is -0.463 e. The van der Waals surface area contributed by atoms with Crippen LogP contribution in [0.5, 0.6) is 0 Å². The molecule has 116 valence electrons. The molecule has 0 bridgehead atoms. The van der Waals surface area contributed by atoms with E-state index < -0.39 is 0 Å². The highest BCUT2D eigenvalue weighted by Crippen LogP contribution is 2.61. The number of esters is 2. The molecule has 1 aliphatic heterocycles. The quantitative estimate of drug-likeness (QED) is 0.551. The molecule has 3 rings (SSSR count). The van der Waals surface area contributed by atoms with Crippen molar-refractivity contribution in [3.05, 3.63) is 11.6 Å². The number of cyclic esters (lactones) is 1. The van der Waals surface area contributed by atoms with Gasteiger partial charge in [0.1, 0.15) is 12.7 Å². The third-order valence-electron chi connectivity index (χ3n) is 5.76. The van der Waals surface area contributed by atoms with Crippen molar-refractivity contribution in [1.29, 1.82) is 0 Å². The predicted octanol–water partition coefficient (Wildman–Crippen LogP) is 2.86. The second-order valence-electron chi connectivity index (χ2n) is 7.74. The van der Waals surface area contributed by atoms with Gasteiger partial charge in [0, 0.05) is 6.92 Å². The molecule has 0 aromatic heterocycles. The molecule has 4 unspecified atom stereocenters. The van der Waals surface area contributed by atoms with Crippen LogP contribution >= 0.6 is 0 Å². The van der Waals surface area contributed by atoms with Gasteiger partial charge in [-0.2, -0.15) is 0 Å². The van der Waals surface area contributed by atoms with Gasteiger partial charge in [0.25, 0.3) is 0 Å². The van der Waals surface area contributed by atoms with Gasteiger partial charge in [-0.05, 0) is 41.6 Å². The molecule has 4 atom stereocenters. The Hall–Kier alpha value is -1.32. The molecule has 0 radical (unpaired) electrons. The second-order valence-corrected chi connectivity index (χ2v) is 7.74. The van der Waals surface area contributed by atoms with Gasteiger partial charge in [-0.3, -0.25) is 9.59 Å². The average molecular weight is 292 g/mol. The van der Waals surface area contributed by atoms with Crippen LogP contribution < -0.4 is 0 Å². The topological polar surface area (TPSA) is 52.6 Å². The Morgan fingerprint density at radius 3 is 2.71 bits per heavy atom. The molecule has 1 heterocycles. The summed E-state index contributed by atoms with van der Waals surface area (Å²) in [6, 6.07) is 0. The van der Waals surface area contributed by atoms with Crippen molar-refractivity contribution in [2.24, 2.45) is 22.7 Å². The van der Waals surface area contributed by atoms with Crippen molar-refractivity contribution >= 4 is 11.9 Å². The number of fused-ring (bicyclic) bond motifs is 3. The summed E-state index contributed by atoms with van der Waals surface area (Å²) in [6.45, 7) is 8.52. The highest BCUT2D eigenvalue weighted by atomic mass is 16.5. The van der Waals surface area contributed by atoms with Gasteiger partial charge in [-0.1, -0.05) is 26.8 Å². The van der Waals surface area contributed by atoms with Crippen LogP contribution in [-0.2, 0) is 19.1 Å². The molecule has 2 aliphatic carbocycles. The first kappa shape index (κ1) is 14.6. The van der Waals surface area contributed by atoms with Crippen LogP contribution in [0, 0.1) is 22.7 Å². The number of carbonyl (C=O) groups is 2. The lowest BCUT2D eigenvalue weighted by Crippen LogP contribution is -2.53. The zero-order valence-corrected chi connectivity index (χ0v) is 13.3. The van der Waals surface area contributed by atoms with Crippen molar-refractivity contribution in [2.75, 3.05) is 6.61 Å². The SMILES string of the molecule is CC(=O)OC1CC(C)(C)C2CC=C3COC(=O)C3C2(C)C1. The molecule has 1 saturated heterocycles. The van der Waals surface area contributed by atoms with E-state index in [0.29, 0.717) is 12.5 Å². The van der Waals surface area contributed by atoms with E-state index in [0.717, 1.165) is 24.8 Å². The monoisotopic (exact) mass is 292 g/mol. The lowest BCUT2D eigenvalue weighted by molar-refractivity contribution is -0.165. The number of rotatable bonds is 1. The van der Waals surface area contributed by atoms with Crippen LogP contribution in [0.15, 0.2) is 11.6 Å². The van der Waals surface area contributed by atoms with Crippen molar-refractivity contribution in [1.82, 2.24) is 0 Å². The van der Waals surface area contributed by atoms with Crippen LogP contribution in [0.4, 0.5) is 0 Å². The molecule has 4 nitrogen and oxygen atoms in total. The van der Waals surface area contributed by atoms with E-state index in [1.165, 1.54) is 6.92 Å². The minimum atomic E-state index is -0.238. The van der Waals surface area contributed by atoms with Crippen LogP contribution in [0.1, 0.15) is 47.0 Å². The number of hydrogen-bond donors (Lipinski definition) is 0. The first-order valence-electron chi connectivity index (χ1n) is 7.77. The van der Waals surface area contributed by atoms with E-state index in [2.05, 4.69) is 26.8 Å². The number of ether oxygens (including phenoxy) is 2. The fourth-order valence-electron chi connectivity index (χ4n) is 5.16. The molecule has 0 aromatic carbocycles. The maximum absolute atomic E-state index is 12.2. The van der Waals surface area contributed by atoms with Gasteiger partial charge in [0.2, 0.25) is 0 Å². The number of carbonyl (C=O) groups excluding carboxylic acids is 2. The van der Waals surface area contributed by atoms with Gasteiger partial charge in [-0.25, -0.2) is 0 Å². The molecule has 0 N–H and O–H groups in total. The first-order valence-corrected chi connectivity index (χ1v) is 7.77. The Morgan fingerprint density at radius 2 is 2.05 bits per heavy atom. The van der Waals surface area contributed by atoms with E-state index in [-0.39, 0.29) is 34.8 Å². The zero-order valence-electron chi connectivity index (χ0n) is 13.3. The van der Waals surface area contributed by atoms with Gasteiger partial charge in [0.15, 0.2) is 0 Å². The van der Waals surface area contributed by atoms with Gasteiger partial charge in [0.05, 0.1) is 5.92 Å². The molecule has 0 aromatic rings. The van der Waals surface area contributed by atoms with Crippen LogP contribution in [0.25, 0.3) is 0 Å². The molecular formula is C17H24O4. The molecule has 2 fully saturated rings. The fraction of sp³-hybridized carbons (Fsp3) is 0.765. The summed E-state index contributed by atoms with van der Waals surface area (Å²) < 4.78 is 10.8. The Kier molecular flexibility index (Phi) is 3.19. The summed E-state index contributed by atoms with van der Waals surface area (Å²) in [7, 11) is 0. The smallest absolute Gasteiger partial charge is 0.314 e. The summed E-state index contributed by atoms with van der Waals surface area (Å²) >= 11 is 0. The molecule has 0 amide bonds. The predicted molar refractivity (Wildman–Crippen MR) is 77.3 cm³/mol. The largest absolute Gasteiger partial charge is 0.463 e. The van der Waals surface area contributed by atoms with Crippen LogP contribution in [0.2, 0.25) is 0 Å². The Labute approximate surface area is 125 Å². The number of hydrogen-bond acceptors (Lipinski definition) is 4. The van der Waals surface area contributed by atoms with Gasteiger partial charge >= 0.3 is 11.9 Å². The second kappa shape index (κ2) is 4.59. The first-order chi connectivity index (χ1) is 9.74.